The van der Waals surface area contributed by atoms with E-state index >= 15 is 0 Å². The van der Waals surface area contributed by atoms with E-state index in [1.54, 1.807) is 17.4 Å². The average molecular weight is 315 g/mol. The fraction of sp³-hybridized carbons (Fsp3) is 0.357. The molecule has 0 aliphatic rings. The lowest BCUT2D eigenvalue weighted by molar-refractivity contribution is 0.683. The maximum atomic E-state index is 6.07. The van der Waals surface area contributed by atoms with E-state index in [9.17, 15) is 0 Å². The molecule has 1 aromatic carbocycles. The van der Waals surface area contributed by atoms with E-state index in [-0.39, 0.29) is 6.04 Å². The van der Waals surface area contributed by atoms with Gasteiger partial charge in [0.05, 0.1) is 11.7 Å². The number of rotatable bonds is 4. The first kappa shape index (κ1) is 14.8. The number of hydrogen-bond acceptors (Lipinski definition) is 3. The highest BCUT2D eigenvalue weighted by Crippen LogP contribution is 2.31. The van der Waals surface area contributed by atoms with Crippen molar-refractivity contribution in [3.8, 4) is 0 Å². The molecule has 0 fully saturated rings. The van der Waals surface area contributed by atoms with Crippen LogP contribution in [0.4, 0.5) is 0 Å². The zero-order chi connectivity index (χ0) is 14.0. The van der Waals surface area contributed by atoms with E-state index in [4.69, 9.17) is 28.2 Å². The largest absolute Gasteiger partial charge is 0.307 e. The van der Waals surface area contributed by atoms with Gasteiger partial charge in [0.1, 0.15) is 5.01 Å². The maximum Gasteiger partial charge on any atom is 0.115 e. The fourth-order valence-electron chi connectivity index (χ4n) is 2.08. The van der Waals surface area contributed by atoms with Crippen LogP contribution in [0.2, 0.25) is 10.0 Å². The van der Waals surface area contributed by atoms with E-state index in [2.05, 4.69) is 19.2 Å². The minimum atomic E-state index is 0.0280. The van der Waals surface area contributed by atoms with Gasteiger partial charge in [0.15, 0.2) is 0 Å². The molecule has 0 amide bonds. The third kappa shape index (κ3) is 3.29. The first-order valence-corrected chi connectivity index (χ1v) is 7.71. The van der Waals surface area contributed by atoms with Crippen molar-refractivity contribution in [1.29, 1.82) is 0 Å². The van der Waals surface area contributed by atoms with Crippen molar-refractivity contribution >= 4 is 34.5 Å². The minimum Gasteiger partial charge on any atom is -0.307 e. The predicted octanol–water partition coefficient (Wildman–Crippen LogP) is 4.63. The van der Waals surface area contributed by atoms with Crippen molar-refractivity contribution in [1.82, 2.24) is 10.3 Å². The van der Waals surface area contributed by atoms with Crippen LogP contribution < -0.4 is 5.32 Å². The summed E-state index contributed by atoms with van der Waals surface area (Å²) in [5.41, 5.74) is 2.20. The molecule has 1 atom stereocenters. The SMILES string of the molecule is CCc1nc(C(NC)c2cc(Cl)cc(Cl)c2)sc1C. The monoisotopic (exact) mass is 314 g/mol. The molecule has 2 rings (SSSR count). The molecular formula is C14H16Cl2N2S. The summed E-state index contributed by atoms with van der Waals surface area (Å²) in [4.78, 5) is 5.97. The van der Waals surface area contributed by atoms with Crippen LogP contribution in [0.25, 0.3) is 0 Å². The predicted molar refractivity (Wildman–Crippen MR) is 83.6 cm³/mol. The minimum absolute atomic E-state index is 0.0280. The lowest BCUT2D eigenvalue weighted by Crippen LogP contribution is -2.17. The van der Waals surface area contributed by atoms with Crippen molar-refractivity contribution in [2.45, 2.75) is 26.3 Å². The molecule has 5 heteroatoms. The molecule has 1 aromatic heterocycles. The lowest BCUT2D eigenvalue weighted by atomic mass is 10.1. The second-order valence-electron chi connectivity index (χ2n) is 4.33. The Kier molecular flexibility index (Phi) is 4.85. The van der Waals surface area contributed by atoms with Crippen LogP contribution in [-0.4, -0.2) is 12.0 Å². The highest BCUT2D eigenvalue weighted by Gasteiger charge is 2.18. The molecule has 1 N–H and O–H groups in total. The maximum absolute atomic E-state index is 6.07. The van der Waals surface area contributed by atoms with E-state index in [0.29, 0.717) is 10.0 Å². The van der Waals surface area contributed by atoms with Crippen LogP contribution >= 0.6 is 34.5 Å². The molecule has 1 unspecified atom stereocenters. The summed E-state index contributed by atoms with van der Waals surface area (Å²) in [6.07, 6.45) is 0.953. The van der Waals surface area contributed by atoms with Crippen molar-refractivity contribution in [3.05, 3.63) is 49.4 Å². The Morgan fingerprint density at radius 1 is 1.26 bits per heavy atom. The number of hydrogen-bond donors (Lipinski definition) is 1. The first-order chi connectivity index (χ1) is 9.05. The molecule has 0 saturated carbocycles. The smallest absolute Gasteiger partial charge is 0.115 e. The van der Waals surface area contributed by atoms with Gasteiger partial charge in [-0.15, -0.1) is 11.3 Å². The number of halogens is 2. The number of thiazole rings is 1. The Balaban J connectivity index is 2.43. The van der Waals surface area contributed by atoms with Gasteiger partial charge < -0.3 is 5.32 Å². The van der Waals surface area contributed by atoms with Crippen LogP contribution in [0.15, 0.2) is 18.2 Å². The van der Waals surface area contributed by atoms with Gasteiger partial charge in [-0.05, 0) is 44.2 Å². The van der Waals surface area contributed by atoms with Crippen LogP contribution in [-0.2, 0) is 6.42 Å². The molecule has 0 aliphatic carbocycles. The summed E-state index contributed by atoms with van der Waals surface area (Å²) in [7, 11) is 1.92. The molecule has 2 aromatic rings. The van der Waals surface area contributed by atoms with E-state index < -0.39 is 0 Å². The zero-order valence-corrected chi connectivity index (χ0v) is 13.5. The van der Waals surface area contributed by atoms with Gasteiger partial charge in [0, 0.05) is 14.9 Å². The third-order valence-corrected chi connectivity index (χ3v) is 4.51. The van der Waals surface area contributed by atoms with Gasteiger partial charge in [-0.1, -0.05) is 30.1 Å². The molecule has 0 bridgehead atoms. The molecule has 19 heavy (non-hydrogen) atoms. The number of aromatic nitrogens is 1. The van der Waals surface area contributed by atoms with E-state index in [0.717, 1.165) is 22.7 Å². The topological polar surface area (TPSA) is 24.9 Å². The Hall–Kier alpha value is -0.610. The highest BCUT2D eigenvalue weighted by atomic mass is 35.5. The Morgan fingerprint density at radius 3 is 2.37 bits per heavy atom. The van der Waals surface area contributed by atoms with Gasteiger partial charge in [-0.2, -0.15) is 0 Å². The molecule has 2 nitrogen and oxygen atoms in total. The summed E-state index contributed by atoms with van der Waals surface area (Å²) < 4.78 is 0. The molecule has 0 saturated heterocycles. The van der Waals surface area contributed by atoms with E-state index in [1.807, 2.05) is 19.2 Å². The number of nitrogens with zero attached hydrogens (tertiary/aromatic N) is 1. The van der Waals surface area contributed by atoms with Gasteiger partial charge >= 0.3 is 0 Å². The van der Waals surface area contributed by atoms with Crippen molar-refractivity contribution in [2.75, 3.05) is 7.05 Å². The molecule has 0 spiro atoms. The van der Waals surface area contributed by atoms with Crippen LogP contribution in [0.3, 0.4) is 0 Å². The van der Waals surface area contributed by atoms with Gasteiger partial charge in [0.2, 0.25) is 0 Å². The van der Waals surface area contributed by atoms with Gasteiger partial charge in [-0.25, -0.2) is 4.98 Å². The van der Waals surface area contributed by atoms with Gasteiger partial charge in [-0.3, -0.25) is 0 Å². The third-order valence-electron chi connectivity index (χ3n) is 3.00. The quantitative estimate of drug-likeness (QED) is 0.890. The molecular weight excluding hydrogens is 299 g/mol. The summed E-state index contributed by atoms with van der Waals surface area (Å²) in [6, 6.07) is 5.62. The summed E-state index contributed by atoms with van der Waals surface area (Å²) in [5, 5.41) is 5.63. The highest BCUT2D eigenvalue weighted by molar-refractivity contribution is 7.11. The summed E-state index contributed by atoms with van der Waals surface area (Å²) in [5.74, 6) is 0. The number of aryl methyl sites for hydroxylation is 2. The zero-order valence-electron chi connectivity index (χ0n) is 11.1. The van der Waals surface area contributed by atoms with Crippen molar-refractivity contribution < 1.29 is 0 Å². The Labute approximate surface area is 127 Å². The first-order valence-electron chi connectivity index (χ1n) is 6.14. The van der Waals surface area contributed by atoms with Crippen molar-refractivity contribution in [3.63, 3.8) is 0 Å². The van der Waals surface area contributed by atoms with Crippen molar-refractivity contribution in [2.24, 2.45) is 0 Å². The van der Waals surface area contributed by atoms with E-state index in [1.165, 1.54) is 4.88 Å². The Bertz CT molecular complexity index is 561. The number of benzene rings is 1. The fourth-order valence-corrected chi connectivity index (χ4v) is 3.77. The Morgan fingerprint density at radius 2 is 1.89 bits per heavy atom. The summed E-state index contributed by atoms with van der Waals surface area (Å²) in [6.45, 7) is 4.23. The van der Waals surface area contributed by atoms with Crippen LogP contribution in [0, 0.1) is 6.92 Å². The normalized spacial score (nSPS) is 12.7. The van der Waals surface area contributed by atoms with Crippen LogP contribution in [0.5, 0.6) is 0 Å². The van der Waals surface area contributed by atoms with Crippen LogP contribution in [0.1, 0.15) is 34.1 Å². The second kappa shape index (κ2) is 6.23. The van der Waals surface area contributed by atoms with Gasteiger partial charge in [0.25, 0.3) is 0 Å². The summed E-state index contributed by atoms with van der Waals surface area (Å²) >= 11 is 13.9. The molecule has 0 radical (unpaired) electrons. The molecule has 1 heterocycles. The molecule has 102 valence electrons. The lowest BCUT2D eigenvalue weighted by Gasteiger charge is -2.14. The standard InChI is InChI=1S/C14H16Cl2N2S/c1-4-12-8(2)19-14(18-12)13(17-3)9-5-10(15)7-11(16)6-9/h5-7,13,17H,4H2,1-3H3. The average Bonchev–Trinajstić information content (AvgIpc) is 2.70. The second-order valence-corrected chi connectivity index (χ2v) is 6.44. The molecule has 0 aliphatic heterocycles. The number of nitrogens with one attached hydrogen (secondary N) is 1.